The fourth-order valence-corrected chi connectivity index (χ4v) is 1.56. The second-order valence-corrected chi connectivity index (χ2v) is 4.92. The molecule has 4 atom stereocenters. The number of nitrogens with one attached hydrogen (secondary N) is 2. The minimum atomic E-state index is -1.60. The van der Waals surface area contributed by atoms with Gasteiger partial charge in [-0.1, -0.05) is 0 Å². The van der Waals surface area contributed by atoms with Crippen LogP contribution in [0.5, 0.6) is 0 Å². The molecule has 0 saturated heterocycles. The smallest absolute Gasteiger partial charge is 0.328 e. The lowest BCUT2D eigenvalue weighted by Crippen LogP contribution is -2.57. The van der Waals surface area contributed by atoms with Crippen molar-refractivity contribution in [2.24, 2.45) is 11.5 Å². The molecule has 11 nitrogen and oxygen atoms in total. The summed E-state index contributed by atoms with van der Waals surface area (Å²) in [6.07, 6.45) is -1.83. The molecule has 23 heavy (non-hydrogen) atoms. The Morgan fingerprint density at radius 2 is 1.70 bits per heavy atom. The lowest BCUT2D eigenvalue weighted by molar-refractivity contribution is -0.145. The number of aliphatic carboxylic acids is 1. The summed E-state index contributed by atoms with van der Waals surface area (Å²) < 4.78 is 0. The maximum atomic E-state index is 12.1. The molecule has 0 bridgehead atoms. The molecule has 132 valence electrons. The van der Waals surface area contributed by atoms with E-state index in [1.165, 1.54) is 0 Å². The Labute approximate surface area is 132 Å². The van der Waals surface area contributed by atoms with Gasteiger partial charge in [-0.3, -0.25) is 14.4 Å². The van der Waals surface area contributed by atoms with Crippen molar-refractivity contribution >= 4 is 23.7 Å². The van der Waals surface area contributed by atoms with Gasteiger partial charge in [0.25, 0.3) is 0 Å². The highest BCUT2D eigenvalue weighted by Gasteiger charge is 2.30. The lowest BCUT2D eigenvalue weighted by Gasteiger charge is -2.23. The number of carbonyl (C=O) groups excluding carboxylic acids is 3. The van der Waals surface area contributed by atoms with Crippen LogP contribution in [0.4, 0.5) is 0 Å². The quantitative estimate of drug-likeness (QED) is 0.209. The number of rotatable bonds is 10. The zero-order chi connectivity index (χ0) is 18.2. The van der Waals surface area contributed by atoms with Crippen molar-refractivity contribution in [2.75, 3.05) is 6.61 Å². The highest BCUT2D eigenvalue weighted by molar-refractivity contribution is 5.92. The van der Waals surface area contributed by atoms with Crippen LogP contribution in [0.3, 0.4) is 0 Å². The SMILES string of the molecule is CC(O)C(NC(=O)C(CCC(N)=O)NC(=O)C(N)CO)C(=O)O. The molecule has 0 aromatic rings. The number of carboxylic acid groups (broad SMARTS) is 1. The zero-order valence-electron chi connectivity index (χ0n) is 12.6. The molecular formula is C12H22N4O7. The number of aliphatic hydroxyl groups is 2. The average Bonchev–Trinajstić information content (AvgIpc) is 2.46. The van der Waals surface area contributed by atoms with Crippen LogP contribution in [0.1, 0.15) is 19.8 Å². The van der Waals surface area contributed by atoms with Crippen LogP contribution >= 0.6 is 0 Å². The van der Waals surface area contributed by atoms with E-state index >= 15 is 0 Å². The van der Waals surface area contributed by atoms with Gasteiger partial charge in [0.1, 0.15) is 12.1 Å². The lowest BCUT2D eigenvalue weighted by atomic mass is 10.1. The molecule has 0 spiro atoms. The second-order valence-electron chi connectivity index (χ2n) is 4.92. The molecule has 0 saturated carbocycles. The molecule has 0 aliphatic heterocycles. The van der Waals surface area contributed by atoms with Crippen molar-refractivity contribution in [1.29, 1.82) is 0 Å². The predicted molar refractivity (Wildman–Crippen MR) is 76.7 cm³/mol. The van der Waals surface area contributed by atoms with Crippen molar-refractivity contribution in [2.45, 2.75) is 44.0 Å². The van der Waals surface area contributed by atoms with Gasteiger partial charge in [0.05, 0.1) is 12.7 Å². The first-order valence-corrected chi connectivity index (χ1v) is 6.76. The van der Waals surface area contributed by atoms with Crippen LogP contribution in [0.15, 0.2) is 0 Å². The molecule has 0 rings (SSSR count). The van der Waals surface area contributed by atoms with E-state index < -0.39 is 54.5 Å². The molecule has 3 amide bonds. The first-order valence-electron chi connectivity index (χ1n) is 6.76. The van der Waals surface area contributed by atoms with E-state index in [4.69, 9.17) is 21.7 Å². The maximum Gasteiger partial charge on any atom is 0.328 e. The molecule has 4 unspecified atom stereocenters. The molecular weight excluding hydrogens is 312 g/mol. The predicted octanol–water partition coefficient (Wildman–Crippen LogP) is -3.99. The highest BCUT2D eigenvalue weighted by Crippen LogP contribution is 2.01. The molecule has 0 aromatic carbocycles. The Morgan fingerprint density at radius 3 is 2.09 bits per heavy atom. The van der Waals surface area contributed by atoms with Gasteiger partial charge in [-0.15, -0.1) is 0 Å². The van der Waals surface area contributed by atoms with Gasteiger partial charge in [0.2, 0.25) is 17.7 Å². The van der Waals surface area contributed by atoms with E-state index in [0.717, 1.165) is 6.92 Å². The van der Waals surface area contributed by atoms with Crippen LogP contribution in [-0.4, -0.2) is 69.8 Å². The van der Waals surface area contributed by atoms with Crippen molar-refractivity contribution in [3.63, 3.8) is 0 Å². The zero-order valence-corrected chi connectivity index (χ0v) is 12.6. The number of hydrogen-bond acceptors (Lipinski definition) is 7. The number of hydrogen-bond donors (Lipinski definition) is 7. The number of nitrogens with two attached hydrogens (primary N) is 2. The topological polar surface area (TPSA) is 205 Å². The molecule has 0 aliphatic carbocycles. The summed E-state index contributed by atoms with van der Waals surface area (Å²) in [7, 11) is 0. The maximum absolute atomic E-state index is 12.1. The Hall–Kier alpha value is -2.24. The highest BCUT2D eigenvalue weighted by atomic mass is 16.4. The summed E-state index contributed by atoms with van der Waals surface area (Å²) in [4.78, 5) is 45.5. The standard InChI is InChI=1S/C12H22N4O7/c1-5(18)9(12(22)23)16-11(21)7(2-3-8(14)19)15-10(20)6(13)4-17/h5-7,9,17-18H,2-4,13H2,1H3,(H2,14,19)(H,15,20)(H,16,21)(H,22,23). The van der Waals surface area contributed by atoms with E-state index in [2.05, 4.69) is 5.32 Å². The Bertz CT molecular complexity index is 455. The number of carbonyl (C=O) groups is 4. The van der Waals surface area contributed by atoms with Gasteiger partial charge in [-0.05, 0) is 13.3 Å². The summed E-state index contributed by atoms with van der Waals surface area (Å²) in [5, 5.41) is 31.3. The van der Waals surface area contributed by atoms with E-state index in [0.29, 0.717) is 0 Å². The number of amides is 3. The fourth-order valence-electron chi connectivity index (χ4n) is 1.56. The van der Waals surface area contributed by atoms with Crippen molar-refractivity contribution in [1.82, 2.24) is 10.6 Å². The van der Waals surface area contributed by atoms with Gasteiger partial charge in [-0.2, -0.15) is 0 Å². The van der Waals surface area contributed by atoms with Gasteiger partial charge >= 0.3 is 5.97 Å². The monoisotopic (exact) mass is 334 g/mol. The van der Waals surface area contributed by atoms with Crippen LogP contribution < -0.4 is 22.1 Å². The van der Waals surface area contributed by atoms with Gasteiger partial charge < -0.3 is 37.4 Å². The Morgan fingerprint density at radius 1 is 1.13 bits per heavy atom. The molecule has 0 fully saturated rings. The summed E-state index contributed by atoms with van der Waals surface area (Å²) in [5.74, 6) is -3.99. The van der Waals surface area contributed by atoms with Gasteiger partial charge in [0, 0.05) is 6.42 Å². The Kier molecular flexibility index (Phi) is 8.77. The average molecular weight is 334 g/mol. The van der Waals surface area contributed by atoms with Crippen LogP contribution in [0.25, 0.3) is 0 Å². The van der Waals surface area contributed by atoms with E-state index in [9.17, 15) is 24.3 Å². The first kappa shape index (κ1) is 20.8. The molecule has 0 aliphatic rings. The molecule has 0 radical (unpaired) electrons. The normalized spacial score (nSPS) is 15.8. The van der Waals surface area contributed by atoms with E-state index in [-0.39, 0.29) is 12.8 Å². The number of aliphatic hydroxyl groups excluding tert-OH is 2. The molecule has 0 heterocycles. The van der Waals surface area contributed by atoms with E-state index in [1.807, 2.05) is 5.32 Å². The largest absolute Gasteiger partial charge is 0.480 e. The van der Waals surface area contributed by atoms with Gasteiger partial charge in [0.15, 0.2) is 6.04 Å². The molecule has 0 aromatic heterocycles. The number of primary amides is 1. The third-order valence-electron chi connectivity index (χ3n) is 2.89. The first-order chi connectivity index (χ1) is 10.6. The summed E-state index contributed by atoms with van der Waals surface area (Å²) in [6, 6.07) is -4.18. The number of carboxylic acids is 1. The minimum absolute atomic E-state index is 0.197. The van der Waals surface area contributed by atoms with Crippen LogP contribution in [0.2, 0.25) is 0 Å². The molecule has 11 heteroatoms. The third kappa shape index (κ3) is 7.54. The Balaban J connectivity index is 5.02. The van der Waals surface area contributed by atoms with Crippen LogP contribution in [-0.2, 0) is 19.2 Å². The van der Waals surface area contributed by atoms with Crippen LogP contribution in [0, 0.1) is 0 Å². The second kappa shape index (κ2) is 9.71. The summed E-state index contributed by atoms with van der Waals surface area (Å²) in [6.45, 7) is 0.499. The van der Waals surface area contributed by atoms with Crippen molar-refractivity contribution in [3.8, 4) is 0 Å². The fraction of sp³-hybridized carbons (Fsp3) is 0.667. The van der Waals surface area contributed by atoms with Crippen molar-refractivity contribution < 1.29 is 34.5 Å². The molecule has 9 N–H and O–H groups in total. The minimum Gasteiger partial charge on any atom is -0.480 e. The third-order valence-corrected chi connectivity index (χ3v) is 2.89. The summed E-state index contributed by atoms with van der Waals surface area (Å²) in [5.41, 5.74) is 10.3. The summed E-state index contributed by atoms with van der Waals surface area (Å²) >= 11 is 0. The van der Waals surface area contributed by atoms with Gasteiger partial charge in [-0.25, -0.2) is 4.79 Å². The van der Waals surface area contributed by atoms with E-state index in [1.54, 1.807) is 0 Å². The van der Waals surface area contributed by atoms with Crippen molar-refractivity contribution in [3.05, 3.63) is 0 Å².